The van der Waals surface area contributed by atoms with Gasteiger partial charge in [-0.2, -0.15) is 0 Å². The van der Waals surface area contributed by atoms with Crippen molar-refractivity contribution < 1.29 is 19.1 Å². The average Bonchev–Trinajstić information content (AvgIpc) is 2.23. The third-order valence-corrected chi connectivity index (χ3v) is 2.65. The van der Waals surface area contributed by atoms with Crippen LogP contribution in [0.15, 0.2) is 24.3 Å². The SMILES string of the molecule is CC(=O)Oc1cccc(CC(C)(C)NC(=O)OC(C)(C)C)c1. The van der Waals surface area contributed by atoms with Crippen LogP contribution in [0.25, 0.3) is 0 Å². The van der Waals surface area contributed by atoms with Gasteiger partial charge in [-0.25, -0.2) is 4.79 Å². The molecule has 0 atom stereocenters. The molecule has 0 saturated carbocycles. The molecular formula is C17H25NO4. The van der Waals surface area contributed by atoms with Crippen LogP contribution in [0.1, 0.15) is 47.1 Å². The van der Waals surface area contributed by atoms with Gasteiger partial charge >= 0.3 is 12.1 Å². The first-order valence-corrected chi connectivity index (χ1v) is 7.25. The molecule has 0 aliphatic carbocycles. The molecule has 0 aliphatic rings. The number of nitrogens with one attached hydrogen (secondary N) is 1. The topological polar surface area (TPSA) is 64.6 Å². The van der Waals surface area contributed by atoms with E-state index in [1.807, 2.05) is 46.8 Å². The standard InChI is InChI=1S/C17H25NO4/c1-12(19)21-14-9-7-8-13(10-14)11-17(5,6)18-15(20)22-16(2,3)4/h7-10H,11H2,1-6H3,(H,18,20). The van der Waals surface area contributed by atoms with E-state index in [4.69, 9.17) is 9.47 Å². The number of carbonyl (C=O) groups excluding carboxylic acids is 2. The van der Waals surface area contributed by atoms with E-state index in [-0.39, 0.29) is 5.97 Å². The first-order chi connectivity index (χ1) is 9.97. The van der Waals surface area contributed by atoms with Gasteiger partial charge in [-0.15, -0.1) is 0 Å². The zero-order valence-corrected chi connectivity index (χ0v) is 14.1. The van der Waals surface area contributed by atoms with Gasteiger partial charge in [-0.05, 0) is 58.7 Å². The highest BCUT2D eigenvalue weighted by Crippen LogP contribution is 2.19. The first kappa shape index (κ1) is 18.0. The number of ether oxygens (including phenoxy) is 2. The molecule has 0 saturated heterocycles. The number of amides is 1. The van der Waals surface area contributed by atoms with Crippen molar-refractivity contribution in [2.45, 2.75) is 59.1 Å². The Morgan fingerprint density at radius 3 is 2.32 bits per heavy atom. The molecular weight excluding hydrogens is 282 g/mol. The molecule has 1 aromatic rings. The van der Waals surface area contributed by atoms with Crippen molar-refractivity contribution in [3.05, 3.63) is 29.8 Å². The lowest BCUT2D eigenvalue weighted by Gasteiger charge is -2.28. The van der Waals surface area contributed by atoms with E-state index in [0.29, 0.717) is 12.2 Å². The van der Waals surface area contributed by atoms with E-state index in [1.165, 1.54) is 6.92 Å². The predicted octanol–water partition coefficient (Wildman–Crippen LogP) is 3.46. The van der Waals surface area contributed by atoms with Crippen LogP contribution in [-0.2, 0) is 16.0 Å². The molecule has 0 fully saturated rings. The van der Waals surface area contributed by atoms with E-state index < -0.39 is 17.2 Å². The van der Waals surface area contributed by atoms with Crippen LogP contribution >= 0.6 is 0 Å². The molecule has 1 aromatic carbocycles. The van der Waals surface area contributed by atoms with Crippen LogP contribution in [0.3, 0.4) is 0 Å². The van der Waals surface area contributed by atoms with Gasteiger partial charge in [0.15, 0.2) is 0 Å². The second-order valence-electron chi connectivity index (χ2n) is 6.93. The van der Waals surface area contributed by atoms with Gasteiger partial charge in [0.25, 0.3) is 0 Å². The minimum Gasteiger partial charge on any atom is -0.444 e. The maximum absolute atomic E-state index is 11.9. The Bertz CT molecular complexity index is 544. The second-order valence-corrected chi connectivity index (χ2v) is 6.93. The summed E-state index contributed by atoms with van der Waals surface area (Å²) in [5.74, 6) is 0.140. The van der Waals surface area contributed by atoms with Crippen LogP contribution in [-0.4, -0.2) is 23.2 Å². The number of esters is 1. The third-order valence-electron chi connectivity index (χ3n) is 2.65. The van der Waals surface area contributed by atoms with Crippen molar-refractivity contribution in [2.75, 3.05) is 0 Å². The molecule has 5 heteroatoms. The molecule has 5 nitrogen and oxygen atoms in total. The molecule has 0 bridgehead atoms. The maximum Gasteiger partial charge on any atom is 0.408 e. The summed E-state index contributed by atoms with van der Waals surface area (Å²) in [6.07, 6.45) is 0.134. The zero-order valence-electron chi connectivity index (χ0n) is 14.1. The molecule has 0 aromatic heterocycles. The fourth-order valence-electron chi connectivity index (χ4n) is 2.02. The fraction of sp³-hybridized carbons (Fsp3) is 0.529. The lowest BCUT2D eigenvalue weighted by molar-refractivity contribution is -0.131. The van der Waals surface area contributed by atoms with Crippen LogP contribution in [0.4, 0.5) is 4.79 Å². The van der Waals surface area contributed by atoms with E-state index >= 15 is 0 Å². The van der Waals surface area contributed by atoms with Crippen molar-refractivity contribution in [3.8, 4) is 5.75 Å². The largest absolute Gasteiger partial charge is 0.444 e. The summed E-state index contributed by atoms with van der Waals surface area (Å²) in [4.78, 5) is 22.9. The summed E-state index contributed by atoms with van der Waals surface area (Å²) in [6, 6.07) is 7.25. The van der Waals surface area contributed by atoms with Gasteiger partial charge < -0.3 is 14.8 Å². The number of hydrogen-bond donors (Lipinski definition) is 1. The van der Waals surface area contributed by atoms with Crippen LogP contribution in [0.2, 0.25) is 0 Å². The Kier molecular flexibility index (Phi) is 5.58. The molecule has 0 heterocycles. The second kappa shape index (κ2) is 6.81. The van der Waals surface area contributed by atoms with Gasteiger partial charge in [0, 0.05) is 12.5 Å². The van der Waals surface area contributed by atoms with Crippen molar-refractivity contribution in [1.29, 1.82) is 0 Å². The molecule has 0 radical (unpaired) electrons. The monoisotopic (exact) mass is 307 g/mol. The summed E-state index contributed by atoms with van der Waals surface area (Å²) in [7, 11) is 0. The summed E-state index contributed by atoms with van der Waals surface area (Å²) in [5.41, 5.74) is -0.0631. The van der Waals surface area contributed by atoms with Gasteiger partial charge in [0.2, 0.25) is 0 Å². The summed E-state index contributed by atoms with van der Waals surface area (Å²) in [5, 5.41) is 2.85. The molecule has 1 amide bonds. The summed E-state index contributed by atoms with van der Waals surface area (Å²) < 4.78 is 10.3. The minimum absolute atomic E-state index is 0.358. The highest BCUT2D eigenvalue weighted by molar-refractivity contribution is 5.69. The van der Waals surface area contributed by atoms with E-state index in [9.17, 15) is 9.59 Å². The molecule has 0 aliphatic heterocycles. The van der Waals surface area contributed by atoms with Crippen LogP contribution < -0.4 is 10.1 Å². The average molecular weight is 307 g/mol. The Morgan fingerprint density at radius 1 is 1.14 bits per heavy atom. The van der Waals surface area contributed by atoms with Crippen molar-refractivity contribution in [2.24, 2.45) is 0 Å². The molecule has 1 rings (SSSR count). The predicted molar refractivity (Wildman–Crippen MR) is 84.9 cm³/mol. The lowest BCUT2D eigenvalue weighted by atomic mass is 9.95. The smallest absolute Gasteiger partial charge is 0.408 e. The van der Waals surface area contributed by atoms with E-state index in [0.717, 1.165) is 5.56 Å². The van der Waals surface area contributed by atoms with Gasteiger partial charge in [0.1, 0.15) is 11.4 Å². The quantitative estimate of drug-likeness (QED) is 0.683. The van der Waals surface area contributed by atoms with Crippen LogP contribution in [0, 0.1) is 0 Å². The highest BCUT2D eigenvalue weighted by atomic mass is 16.6. The number of carbonyl (C=O) groups is 2. The first-order valence-electron chi connectivity index (χ1n) is 7.25. The Labute approximate surface area is 132 Å². The van der Waals surface area contributed by atoms with Crippen molar-refractivity contribution >= 4 is 12.1 Å². The van der Waals surface area contributed by atoms with E-state index in [2.05, 4.69) is 5.32 Å². The van der Waals surface area contributed by atoms with Gasteiger partial charge in [-0.1, -0.05) is 12.1 Å². The third kappa shape index (κ3) is 7.11. The highest BCUT2D eigenvalue weighted by Gasteiger charge is 2.25. The number of rotatable bonds is 4. The van der Waals surface area contributed by atoms with Gasteiger partial charge in [0.05, 0.1) is 0 Å². The number of alkyl carbamates (subject to hydrolysis) is 1. The van der Waals surface area contributed by atoms with Crippen molar-refractivity contribution in [3.63, 3.8) is 0 Å². The zero-order chi connectivity index (χ0) is 17.0. The fourth-order valence-corrected chi connectivity index (χ4v) is 2.02. The minimum atomic E-state index is -0.532. The maximum atomic E-state index is 11.9. The Morgan fingerprint density at radius 2 is 1.77 bits per heavy atom. The molecule has 22 heavy (non-hydrogen) atoms. The Hall–Kier alpha value is -2.04. The van der Waals surface area contributed by atoms with Gasteiger partial charge in [-0.3, -0.25) is 4.79 Å². The van der Waals surface area contributed by atoms with E-state index in [1.54, 1.807) is 12.1 Å². The molecule has 0 unspecified atom stereocenters. The Balaban J connectivity index is 2.71. The molecule has 1 N–H and O–H groups in total. The summed E-state index contributed by atoms with van der Waals surface area (Å²) >= 11 is 0. The molecule has 0 spiro atoms. The number of benzene rings is 1. The normalized spacial score (nSPS) is 11.7. The summed E-state index contributed by atoms with van der Waals surface area (Å²) in [6.45, 7) is 10.7. The number of hydrogen-bond acceptors (Lipinski definition) is 4. The van der Waals surface area contributed by atoms with Crippen molar-refractivity contribution in [1.82, 2.24) is 5.32 Å². The molecule has 122 valence electrons. The lowest BCUT2D eigenvalue weighted by Crippen LogP contribution is -2.47. The van der Waals surface area contributed by atoms with Crippen LogP contribution in [0.5, 0.6) is 5.75 Å².